The first-order chi connectivity index (χ1) is 8.10. The monoisotopic (exact) mass is 231 g/mol. The molecule has 17 heavy (non-hydrogen) atoms. The standard InChI is InChI=1S/C15H21NO/c1-4-10-15(5-2,12(3)17)14-8-6-13(11-16)7-9-14/h6-9,12,17H,4-5,10H2,1-3H3. The van der Waals surface area contributed by atoms with E-state index in [0.29, 0.717) is 5.56 Å². The van der Waals surface area contributed by atoms with Crippen molar-refractivity contribution in [3.63, 3.8) is 0 Å². The highest BCUT2D eigenvalue weighted by Crippen LogP contribution is 2.36. The number of nitriles is 1. The molecule has 1 aromatic rings. The molecule has 0 aliphatic rings. The summed E-state index contributed by atoms with van der Waals surface area (Å²) in [5, 5.41) is 18.9. The Bertz CT molecular complexity index is 388. The van der Waals surface area contributed by atoms with Crippen molar-refractivity contribution in [3.05, 3.63) is 35.4 Å². The molecule has 0 aromatic heterocycles. The summed E-state index contributed by atoms with van der Waals surface area (Å²) in [5.74, 6) is 0. The molecular weight excluding hydrogens is 210 g/mol. The van der Waals surface area contributed by atoms with Crippen molar-refractivity contribution in [2.24, 2.45) is 0 Å². The minimum absolute atomic E-state index is 0.178. The largest absolute Gasteiger partial charge is 0.392 e. The second kappa shape index (κ2) is 5.84. The lowest BCUT2D eigenvalue weighted by Crippen LogP contribution is -2.37. The fraction of sp³-hybridized carbons (Fsp3) is 0.533. The van der Waals surface area contributed by atoms with Gasteiger partial charge in [-0.25, -0.2) is 0 Å². The van der Waals surface area contributed by atoms with Gasteiger partial charge in [-0.3, -0.25) is 0 Å². The third kappa shape index (κ3) is 2.68. The van der Waals surface area contributed by atoms with Gasteiger partial charge in [-0.05, 0) is 37.5 Å². The van der Waals surface area contributed by atoms with Gasteiger partial charge < -0.3 is 5.11 Å². The quantitative estimate of drug-likeness (QED) is 0.844. The highest BCUT2D eigenvalue weighted by Gasteiger charge is 2.34. The highest BCUT2D eigenvalue weighted by atomic mass is 16.3. The number of benzene rings is 1. The minimum atomic E-state index is -0.375. The van der Waals surface area contributed by atoms with Gasteiger partial charge in [0.25, 0.3) is 0 Å². The average Bonchev–Trinajstić information content (AvgIpc) is 2.36. The van der Waals surface area contributed by atoms with E-state index in [0.717, 1.165) is 24.8 Å². The highest BCUT2D eigenvalue weighted by molar-refractivity contribution is 5.35. The molecule has 0 heterocycles. The maximum atomic E-state index is 10.1. The zero-order chi connectivity index (χ0) is 12.9. The van der Waals surface area contributed by atoms with Crippen LogP contribution < -0.4 is 0 Å². The number of aliphatic hydroxyl groups is 1. The molecule has 1 rings (SSSR count). The molecule has 0 amide bonds. The summed E-state index contributed by atoms with van der Waals surface area (Å²) < 4.78 is 0. The molecule has 0 saturated heterocycles. The summed E-state index contributed by atoms with van der Waals surface area (Å²) in [5.41, 5.74) is 1.62. The lowest BCUT2D eigenvalue weighted by molar-refractivity contribution is 0.0857. The molecule has 92 valence electrons. The molecular formula is C15H21NO. The van der Waals surface area contributed by atoms with Crippen LogP contribution in [0.3, 0.4) is 0 Å². The summed E-state index contributed by atoms with van der Waals surface area (Å²) in [6.45, 7) is 6.11. The Kier molecular flexibility index (Phi) is 4.72. The van der Waals surface area contributed by atoms with E-state index in [1.807, 2.05) is 31.2 Å². The SMILES string of the molecule is CCCC(CC)(c1ccc(C#N)cc1)C(C)O. The van der Waals surface area contributed by atoms with Crippen LogP contribution >= 0.6 is 0 Å². The molecule has 2 heteroatoms. The second-order valence-electron chi connectivity index (χ2n) is 4.62. The Morgan fingerprint density at radius 3 is 2.24 bits per heavy atom. The van der Waals surface area contributed by atoms with Gasteiger partial charge in [0.15, 0.2) is 0 Å². The van der Waals surface area contributed by atoms with Gasteiger partial charge in [0.2, 0.25) is 0 Å². The summed E-state index contributed by atoms with van der Waals surface area (Å²) in [6, 6.07) is 9.74. The van der Waals surface area contributed by atoms with E-state index < -0.39 is 0 Å². The van der Waals surface area contributed by atoms with Crippen LogP contribution in [0.25, 0.3) is 0 Å². The first-order valence-corrected chi connectivity index (χ1v) is 6.29. The fourth-order valence-corrected chi connectivity index (χ4v) is 2.59. The third-order valence-electron chi connectivity index (χ3n) is 3.72. The van der Waals surface area contributed by atoms with Crippen LogP contribution in [0.2, 0.25) is 0 Å². The van der Waals surface area contributed by atoms with E-state index in [9.17, 15) is 5.11 Å². The van der Waals surface area contributed by atoms with Gasteiger partial charge in [0, 0.05) is 5.41 Å². The number of aliphatic hydroxyl groups excluding tert-OH is 1. The lowest BCUT2D eigenvalue weighted by atomic mass is 9.71. The van der Waals surface area contributed by atoms with E-state index >= 15 is 0 Å². The predicted octanol–water partition coefficient (Wildman–Crippen LogP) is 3.39. The maximum absolute atomic E-state index is 10.1. The van der Waals surface area contributed by atoms with E-state index in [1.54, 1.807) is 0 Å². The molecule has 0 bridgehead atoms. The van der Waals surface area contributed by atoms with Gasteiger partial charge in [0.1, 0.15) is 0 Å². The molecule has 0 radical (unpaired) electrons. The number of hydrogen-bond acceptors (Lipinski definition) is 2. The Morgan fingerprint density at radius 1 is 1.29 bits per heavy atom. The van der Waals surface area contributed by atoms with Crippen LogP contribution in [0.4, 0.5) is 0 Å². The molecule has 2 atom stereocenters. The van der Waals surface area contributed by atoms with Crippen LogP contribution in [0.5, 0.6) is 0 Å². The molecule has 0 aliphatic carbocycles. The summed E-state index contributed by atoms with van der Waals surface area (Å²) in [6.07, 6.45) is 2.54. The zero-order valence-corrected chi connectivity index (χ0v) is 10.9. The minimum Gasteiger partial charge on any atom is -0.392 e. The van der Waals surface area contributed by atoms with Gasteiger partial charge in [-0.15, -0.1) is 0 Å². The molecule has 0 aliphatic heterocycles. The zero-order valence-electron chi connectivity index (χ0n) is 10.9. The van der Waals surface area contributed by atoms with Crippen molar-refractivity contribution in [2.45, 2.75) is 51.6 Å². The normalized spacial score (nSPS) is 15.9. The Labute approximate surface area is 104 Å². The molecule has 2 nitrogen and oxygen atoms in total. The van der Waals surface area contributed by atoms with Crippen molar-refractivity contribution in [1.82, 2.24) is 0 Å². The van der Waals surface area contributed by atoms with Crippen LogP contribution in [0.1, 0.15) is 51.2 Å². The van der Waals surface area contributed by atoms with Crippen LogP contribution in [0.15, 0.2) is 24.3 Å². The van der Waals surface area contributed by atoms with Crippen molar-refractivity contribution < 1.29 is 5.11 Å². The van der Waals surface area contributed by atoms with E-state index in [2.05, 4.69) is 19.9 Å². The molecule has 0 fully saturated rings. The van der Waals surface area contributed by atoms with Crippen molar-refractivity contribution >= 4 is 0 Å². The Hall–Kier alpha value is -1.33. The lowest BCUT2D eigenvalue weighted by Gasteiger charge is -2.36. The number of hydrogen-bond donors (Lipinski definition) is 1. The first-order valence-electron chi connectivity index (χ1n) is 6.29. The first kappa shape index (κ1) is 13.7. The van der Waals surface area contributed by atoms with Crippen LogP contribution in [0, 0.1) is 11.3 Å². The Balaban J connectivity index is 3.16. The average molecular weight is 231 g/mol. The van der Waals surface area contributed by atoms with Gasteiger partial charge >= 0.3 is 0 Å². The van der Waals surface area contributed by atoms with Crippen molar-refractivity contribution in [1.29, 1.82) is 5.26 Å². The number of rotatable bonds is 5. The van der Waals surface area contributed by atoms with Gasteiger partial charge in [0.05, 0.1) is 17.7 Å². The van der Waals surface area contributed by atoms with E-state index in [4.69, 9.17) is 5.26 Å². The van der Waals surface area contributed by atoms with Crippen molar-refractivity contribution in [3.8, 4) is 6.07 Å². The van der Waals surface area contributed by atoms with Gasteiger partial charge in [-0.1, -0.05) is 32.4 Å². The van der Waals surface area contributed by atoms with Gasteiger partial charge in [-0.2, -0.15) is 5.26 Å². The molecule has 1 N–H and O–H groups in total. The topological polar surface area (TPSA) is 44.0 Å². The summed E-state index contributed by atoms with van der Waals surface area (Å²) >= 11 is 0. The fourth-order valence-electron chi connectivity index (χ4n) is 2.59. The maximum Gasteiger partial charge on any atom is 0.0991 e. The van der Waals surface area contributed by atoms with Crippen LogP contribution in [-0.2, 0) is 5.41 Å². The molecule has 2 unspecified atom stereocenters. The summed E-state index contributed by atoms with van der Waals surface area (Å²) in [7, 11) is 0. The summed E-state index contributed by atoms with van der Waals surface area (Å²) in [4.78, 5) is 0. The van der Waals surface area contributed by atoms with Crippen molar-refractivity contribution in [2.75, 3.05) is 0 Å². The third-order valence-corrected chi connectivity index (χ3v) is 3.72. The molecule has 0 spiro atoms. The smallest absolute Gasteiger partial charge is 0.0991 e. The second-order valence-corrected chi connectivity index (χ2v) is 4.62. The predicted molar refractivity (Wildman–Crippen MR) is 69.7 cm³/mol. The molecule has 1 aromatic carbocycles. The molecule has 0 saturated carbocycles. The van der Waals surface area contributed by atoms with E-state index in [-0.39, 0.29) is 11.5 Å². The van der Waals surface area contributed by atoms with E-state index in [1.165, 1.54) is 0 Å². The number of nitrogens with zero attached hydrogens (tertiary/aromatic N) is 1. The van der Waals surface area contributed by atoms with Crippen LogP contribution in [-0.4, -0.2) is 11.2 Å². The Morgan fingerprint density at radius 2 is 1.88 bits per heavy atom.